The maximum absolute atomic E-state index is 14.5. The predicted octanol–water partition coefficient (Wildman–Crippen LogP) is 6.33. The molecular formula is C36H40F2N4O2S. The van der Waals surface area contributed by atoms with Gasteiger partial charge in [0.25, 0.3) is 11.8 Å². The normalized spacial score (nSPS) is 21.6. The molecule has 2 saturated heterocycles. The van der Waals surface area contributed by atoms with E-state index in [-0.39, 0.29) is 36.0 Å². The van der Waals surface area contributed by atoms with Crippen molar-refractivity contribution in [2.45, 2.75) is 49.9 Å². The third-order valence-electron chi connectivity index (χ3n) is 9.09. The summed E-state index contributed by atoms with van der Waals surface area (Å²) in [7, 11) is 0. The Morgan fingerprint density at radius 1 is 0.889 bits per heavy atom. The molecule has 2 heterocycles. The number of benzene rings is 3. The van der Waals surface area contributed by atoms with E-state index < -0.39 is 0 Å². The average molecular weight is 631 g/mol. The smallest absolute Gasteiger partial charge is 0.260 e. The van der Waals surface area contributed by atoms with Crippen molar-refractivity contribution in [3.05, 3.63) is 106 Å². The first-order chi connectivity index (χ1) is 22.0. The quantitative estimate of drug-likeness (QED) is 0.221. The summed E-state index contributed by atoms with van der Waals surface area (Å²) in [5.41, 5.74) is 2.64. The van der Waals surface area contributed by atoms with Crippen LogP contribution in [0, 0.1) is 11.6 Å². The zero-order valence-electron chi connectivity index (χ0n) is 25.5. The summed E-state index contributed by atoms with van der Waals surface area (Å²) < 4.78 is 28.6. The van der Waals surface area contributed by atoms with Crippen molar-refractivity contribution in [3.63, 3.8) is 0 Å². The third-order valence-corrected chi connectivity index (χ3v) is 10.5. The van der Waals surface area contributed by atoms with E-state index in [1.165, 1.54) is 12.1 Å². The molecule has 45 heavy (non-hydrogen) atoms. The van der Waals surface area contributed by atoms with Gasteiger partial charge in [-0.05, 0) is 67.8 Å². The molecule has 236 valence electrons. The molecule has 1 N–H and O–H groups in total. The van der Waals surface area contributed by atoms with E-state index in [2.05, 4.69) is 15.1 Å². The molecule has 2 unspecified atom stereocenters. The molecule has 3 fully saturated rings. The zero-order valence-corrected chi connectivity index (χ0v) is 26.3. The molecule has 1 saturated carbocycles. The predicted molar refractivity (Wildman–Crippen MR) is 177 cm³/mol. The van der Waals surface area contributed by atoms with E-state index in [4.69, 9.17) is 0 Å². The Bertz CT molecular complexity index is 1520. The Morgan fingerprint density at radius 3 is 2.36 bits per heavy atom. The molecule has 1 aliphatic carbocycles. The van der Waals surface area contributed by atoms with Gasteiger partial charge in [0.1, 0.15) is 11.6 Å². The molecule has 0 aromatic heterocycles. The van der Waals surface area contributed by atoms with Gasteiger partial charge in [-0.1, -0.05) is 55.3 Å². The number of rotatable bonds is 9. The van der Waals surface area contributed by atoms with E-state index in [0.29, 0.717) is 33.5 Å². The van der Waals surface area contributed by atoms with Gasteiger partial charge in [-0.3, -0.25) is 14.5 Å². The van der Waals surface area contributed by atoms with Crippen LogP contribution in [0.3, 0.4) is 0 Å². The maximum atomic E-state index is 14.5. The summed E-state index contributed by atoms with van der Waals surface area (Å²) in [6, 6.07) is 21.0. The van der Waals surface area contributed by atoms with Crippen molar-refractivity contribution in [1.29, 1.82) is 0 Å². The number of nitrogens with one attached hydrogen (secondary N) is 1. The lowest BCUT2D eigenvalue weighted by molar-refractivity contribution is -0.130. The van der Waals surface area contributed by atoms with Crippen molar-refractivity contribution >= 4 is 35.3 Å². The Morgan fingerprint density at radius 2 is 1.60 bits per heavy atom. The highest BCUT2D eigenvalue weighted by atomic mass is 32.2. The summed E-state index contributed by atoms with van der Waals surface area (Å²) in [6.07, 6.45) is 6.94. The molecule has 0 radical (unpaired) electrons. The fourth-order valence-electron chi connectivity index (χ4n) is 6.58. The van der Waals surface area contributed by atoms with Crippen LogP contribution in [0.5, 0.6) is 0 Å². The number of hydrogen-bond acceptors (Lipinski definition) is 5. The van der Waals surface area contributed by atoms with Crippen LogP contribution >= 0.6 is 11.8 Å². The number of hydrogen-bond donors (Lipinski definition) is 1. The second kappa shape index (κ2) is 14.6. The summed E-state index contributed by atoms with van der Waals surface area (Å²) in [5.74, 6) is -0.639. The van der Waals surface area contributed by atoms with Gasteiger partial charge in [-0.25, -0.2) is 8.78 Å². The molecular weight excluding hydrogens is 590 g/mol. The molecule has 0 bridgehead atoms. The van der Waals surface area contributed by atoms with Gasteiger partial charge < -0.3 is 15.1 Å². The number of para-hydroxylation sites is 1. The van der Waals surface area contributed by atoms with E-state index in [0.717, 1.165) is 70.4 Å². The van der Waals surface area contributed by atoms with Crippen molar-refractivity contribution in [2.24, 2.45) is 0 Å². The van der Waals surface area contributed by atoms with Crippen molar-refractivity contribution in [2.75, 3.05) is 44.2 Å². The van der Waals surface area contributed by atoms with E-state index in [1.54, 1.807) is 42.1 Å². The standard InChI is InChI=1S/C36H40F2N4O2S/c37-29-9-2-1-8-28(29)25-42-32-12-5-6-13-33(32)45-34(36(42)44)24-26-14-16-27(17-15-26)35(43)39-18-7-19-40-20-22-41(23-21-40)31-11-4-3-10-30(31)38/h1-4,8-11,14-17,24,32-33H,5-7,12-13,18-23,25H2,(H,39,43)/b34-24-. The first kappa shape index (κ1) is 31.3. The highest BCUT2D eigenvalue weighted by molar-refractivity contribution is 8.04. The van der Waals surface area contributed by atoms with Crippen LogP contribution in [0.2, 0.25) is 0 Å². The van der Waals surface area contributed by atoms with Gasteiger partial charge in [0.05, 0.1) is 10.6 Å². The summed E-state index contributed by atoms with van der Waals surface area (Å²) in [4.78, 5) is 33.4. The number of amides is 2. The molecule has 9 heteroatoms. The molecule has 2 atom stereocenters. The topological polar surface area (TPSA) is 55.9 Å². The third kappa shape index (κ3) is 7.59. The van der Waals surface area contributed by atoms with Crippen LogP contribution in [0.25, 0.3) is 6.08 Å². The second-order valence-electron chi connectivity index (χ2n) is 12.1. The number of thioether (sulfide) groups is 1. The van der Waals surface area contributed by atoms with Gasteiger partial charge in [0.2, 0.25) is 0 Å². The maximum Gasteiger partial charge on any atom is 0.260 e. The lowest BCUT2D eigenvalue weighted by atomic mass is 9.92. The number of anilines is 1. The van der Waals surface area contributed by atoms with Crippen molar-refractivity contribution in [3.8, 4) is 0 Å². The largest absolute Gasteiger partial charge is 0.367 e. The van der Waals surface area contributed by atoms with Crippen LogP contribution in [-0.4, -0.2) is 72.2 Å². The Hall–Kier alpha value is -3.69. The Labute approximate surface area is 268 Å². The Balaban J connectivity index is 1.000. The minimum atomic E-state index is -0.283. The first-order valence-corrected chi connectivity index (χ1v) is 16.9. The number of halogens is 2. The van der Waals surface area contributed by atoms with E-state index in [9.17, 15) is 18.4 Å². The summed E-state index contributed by atoms with van der Waals surface area (Å²) in [6.45, 7) is 5.01. The lowest BCUT2D eigenvalue weighted by Crippen LogP contribution is -2.50. The average Bonchev–Trinajstić information content (AvgIpc) is 3.06. The van der Waals surface area contributed by atoms with Crippen LogP contribution in [0.4, 0.5) is 14.5 Å². The highest BCUT2D eigenvalue weighted by Gasteiger charge is 2.40. The minimum Gasteiger partial charge on any atom is -0.367 e. The van der Waals surface area contributed by atoms with Gasteiger partial charge in [0.15, 0.2) is 0 Å². The first-order valence-electron chi connectivity index (χ1n) is 16.0. The molecule has 3 aromatic rings. The van der Waals surface area contributed by atoms with Crippen LogP contribution in [0.1, 0.15) is 53.6 Å². The summed E-state index contributed by atoms with van der Waals surface area (Å²) in [5, 5.41) is 3.32. The van der Waals surface area contributed by atoms with Crippen molar-refractivity contribution < 1.29 is 18.4 Å². The zero-order chi connectivity index (χ0) is 31.2. The van der Waals surface area contributed by atoms with E-state index >= 15 is 0 Å². The fourth-order valence-corrected chi connectivity index (χ4v) is 8.05. The highest BCUT2D eigenvalue weighted by Crippen LogP contribution is 2.42. The van der Waals surface area contributed by atoms with Crippen molar-refractivity contribution in [1.82, 2.24) is 15.1 Å². The van der Waals surface area contributed by atoms with Crippen LogP contribution < -0.4 is 10.2 Å². The van der Waals surface area contributed by atoms with Gasteiger partial charge in [-0.2, -0.15) is 0 Å². The monoisotopic (exact) mass is 630 g/mol. The molecule has 3 aliphatic rings. The molecule has 6 nitrogen and oxygen atoms in total. The lowest BCUT2D eigenvalue weighted by Gasteiger charge is -2.44. The van der Waals surface area contributed by atoms with Gasteiger partial charge >= 0.3 is 0 Å². The molecule has 3 aromatic carbocycles. The van der Waals surface area contributed by atoms with Crippen LogP contribution in [-0.2, 0) is 11.3 Å². The molecule has 2 aliphatic heterocycles. The Kier molecular flexibility index (Phi) is 10.2. The molecule has 2 amide bonds. The molecule has 0 spiro atoms. The summed E-state index contributed by atoms with van der Waals surface area (Å²) >= 11 is 1.65. The number of carbonyl (C=O) groups is 2. The SMILES string of the molecule is O=C(NCCCN1CCN(c2ccccc2F)CC1)c1ccc(/C=C2\SC3CCCCC3N(Cc3ccccc3F)C2=O)cc1. The van der Waals surface area contributed by atoms with Gasteiger partial charge in [0, 0.05) is 61.7 Å². The number of nitrogens with zero attached hydrogens (tertiary/aromatic N) is 3. The number of piperazine rings is 1. The number of fused-ring (bicyclic) bond motifs is 1. The van der Waals surface area contributed by atoms with Gasteiger partial charge in [-0.15, -0.1) is 11.8 Å². The minimum absolute atomic E-state index is 0.0538. The van der Waals surface area contributed by atoms with Crippen LogP contribution in [0.15, 0.2) is 77.7 Å². The second-order valence-corrected chi connectivity index (χ2v) is 13.3. The number of carbonyl (C=O) groups excluding carboxylic acids is 2. The molecule has 6 rings (SSSR count). The van der Waals surface area contributed by atoms with E-state index in [1.807, 2.05) is 41.3 Å². The fraction of sp³-hybridized carbons (Fsp3) is 0.389.